The van der Waals surface area contributed by atoms with E-state index >= 15 is 0 Å². The monoisotopic (exact) mass is 525 g/mol. The number of aromatic nitrogens is 1. The largest absolute Gasteiger partial charge is 0.486 e. The molecule has 0 fully saturated rings. The number of amides is 2. The van der Waals surface area contributed by atoms with Crippen molar-refractivity contribution in [3.8, 4) is 5.75 Å². The number of rotatable bonds is 9. The Morgan fingerprint density at radius 2 is 1.76 bits per heavy atom. The van der Waals surface area contributed by atoms with Gasteiger partial charge in [-0.3, -0.25) is 9.78 Å². The number of nitrogens with one attached hydrogen (secondary N) is 2. The molecule has 7 nitrogen and oxygen atoms in total. The summed E-state index contributed by atoms with van der Waals surface area (Å²) in [5.74, 6) is -2.09. The van der Waals surface area contributed by atoms with Crippen molar-refractivity contribution in [2.24, 2.45) is 0 Å². The van der Waals surface area contributed by atoms with Crippen molar-refractivity contribution in [2.75, 3.05) is 6.54 Å². The van der Waals surface area contributed by atoms with Crippen molar-refractivity contribution in [2.45, 2.75) is 45.0 Å². The third-order valence-electron chi connectivity index (χ3n) is 5.64. The van der Waals surface area contributed by atoms with Gasteiger partial charge in [-0.15, -0.1) is 0 Å². The number of alkyl halides is 3. The van der Waals surface area contributed by atoms with Crippen molar-refractivity contribution in [3.63, 3.8) is 0 Å². The molecular formula is C25H24F5N3O4. The predicted octanol–water partition coefficient (Wildman–Crippen LogP) is 5.50. The zero-order chi connectivity index (χ0) is 27.4. The first-order chi connectivity index (χ1) is 17.3. The van der Waals surface area contributed by atoms with Crippen LogP contribution in [0.1, 0.15) is 41.3 Å². The minimum Gasteiger partial charge on any atom is -0.486 e. The second-order valence-electron chi connectivity index (χ2n) is 8.80. The third kappa shape index (κ3) is 7.28. The SMILES string of the molecule is Cc1cc(OCc2c(F)cccc2F)c2nccc(C(=O)NCC(C)(CCC(F)(F)F)NC(=O)O)c2c1. The van der Waals surface area contributed by atoms with E-state index < -0.39 is 61.3 Å². The van der Waals surface area contributed by atoms with Gasteiger partial charge in [0.2, 0.25) is 0 Å². The second kappa shape index (κ2) is 11.0. The molecule has 0 aliphatic heterocycles. The first kappa shape index (κ1) is 27.6. The highest BCUT2D eigenvalue weighted by Gasteiger charge is 2.35. The predicted molar refractivity (Wildman–Crippen MR) is 124 cm³/mol. The first-order valence-electron chi connectivity index (χ1n) is 11.1. The van der Waals surface area contributed by atoms with Gasteiger partial charge in [-0.2, -0.15) is 13.2 Å². The Morgan fingerprint density at radius 1 is 1.08 bits per heavy atom. The lowest BCUT2D eigenvalue weighted by molar-refractivity contribution is -0.138. The van der Waals surface area contributed by atoms with Crippen LogP contribution < -0.4 is 15.4 Å². The van der Waals surface area contributed by atoms with Gasteiger partial charge in [0, 0.05) is 24.5 Å². The van der Waals surface area contributed by atoms with E-state index in [2.05, 4.69) is 10.3 Å². The van der Waals surface area contributed by atoms with Crippen molar-refractivity contribution in [1.29, 1.82) is 0 Å². The summed E-state index contributed by atoms with van der Waals surface area (Å²) in [4.78, 5) is 28.4. The fraction of sp³-hybridized carbons (Fsp3) is 0.320. The zero-order valence-electron chi connectivity index (χ0n) is 19.9. The molecule has 1 aromatic heterocycles. The maximum Gasteiger partial charge on any atom is 0.405 e. The van der Waals surface area contributed by atoms with E-state index in [1.165, 1.54) is 25.3 Å². The topological polar surface area (TPSA) is 101 Å². The average Bonchev–Trinajstić information content (AvgIpc) is 2.80. The van der Waals surface area contributed by atoms with Gasteiger partial charge in [0.1, 0.15) is 29.5 Å². The standard InChI is InChI=1S/C25H24F5N3O4/c1-14-10-16-15(22(34)32-13-24(2,33-23(35)36)7-8-25(28,29)30)6-9-31-21(16)20(11-14)37-12-17-18(26)4-3-5-19(17)27/h3-6,9-11,33H,7-8,12-13H2,1-2H3,(H,32,34)(H,35,36). The molecular weight excluding hydrogens is 501 g/mol. The van der Waals surface area contributed by atoms with Gasteiger partial charge in [0.15, 0.2) is 0 Å². The molecule has 2 amide bonds. The summed E-state index contributed by atoms with van der Waals surface area (Å²) in [6.45, 7) is 2.11. The molecule has 2 aromatic carbocycles. The van der Waals surface area contributed by atoms with E-state index in [1.54, 1.807) is 19.1 Å². The molecule has 12 heteroatoms. The highest BCUT2D eigenvalue weighted by molar-refractivity contribution is 6.07. The van der Waals surface area contributed by atoms with Crippen LogP contribution in [0.3, 0.4) is 0 Å². The van der Waals surface area contributed by atoms with Crippen molar-refractivity contribution in [1.82, 2.24) is 15.6 Å². The van der Waals surface area contributed by atoms with Gasteiger partial charge in [0.25, 0.3) is 5.91 Å². The number of halogens is 5. The lowest BCUT2D eigenvalue weighted by atomic mass is 9.95. The van der Waals surface area contributed by atoms with Gasteiger partial charge in [-0.25, -0.2) is 13.6 Å². The minimum atomic E-state index is -4.51. The van der Waals surface area contributed by atoms with E-state index in [-0.39, 0.29) is 22.4 Å². The Hall–Kier alpha value is -3.96. The quantitative estimate of drug-likeness (QED) is 0.321. The number of carbonyl (C=O) groups is 2. The van der Waals surface area contributed by atoms with Crippen LogP contribution in [0.5, 0.6) is 5.75 Å². The fourth-order valence-electron chi connectivity index (χ4n) is 3.73. The molecule has 1 heterocycles. The van der Waals surface area contributed by atoms with Crippen LogP contribution in [-0.4, -0.2) is 40.4 Å². The molecule has 37 heavy (non-hydrogen) atoms. The smallest absolute Gasteiger partial charge is 0.405 e. The third-order valence-corrected chi connectivity index (χ3v) is 5.64. The lowest BCUT2D eigenvalue weighted by Crippen LogP contribution is -2.53. The van der Waals surface area contributed by atoms with Crippen LogP contribution in [0.25, 0.3) is 10.9 Å². The van der Waals surface area contributed by atoms with Gasteiger partial charge in [-0.05, 0) is 56.2 Å². The highest BCUT2D eigenvalue weighted by atomic mass is 19.4. The lowest BCUT2D eigenvalue weighted by Gasteiger charge is -2.30. The van der Waals surface area contributed by atoms with Crippen molar-refractivity contribution in [3.05, 3.63) is 70.9 Å². The Balaban J connectivity index is 1.85. The second-order valence-corrected chi connectivity index (χ2v) is 8.80. The number of hydrogen-bond acceptors (Lipinski definition) is 4. The van der Waals surface area contributed by atoms with E-state index in [0.717, 1.165) is 12.1 Å². The fourth-order valence-corrected chi connectivity index (χ4v) is 3.73. The molecule has 1 atom stereocenters. The number of fused-ring (bicyclic) bond motifs is 1. The number of benzene rings is 2. The Bertz CT molecular complexity index is 1300. The molecule has 1 unspecified atom stereocenters. The molecule has 0 saturated heterocycles. The van der Waals surface area contributed by atoms with Crippen LogP contribution in [0.15, 0.2) is 42.6 Å². The number of ether oxygens (including phenoxy) is 1. The summed E-state index contributed by atoms with van der Waals surface area (Å²) in [6, 6.07) is 8.02. The molecule has 0 spiro atoms. The molecule has 3 N–H and O–H groups in total. The average molecular weight is 525 g/mol. The minimum absolute atomic E-state index is 0.101. The van der Waals surface area contributed by atoms with E-state index in [9.17, 15) is 31.5 Å². The van der Waals surface area contributed by atoms with Gasteiger partial charge in [-0.1, -0.05) is 6.07 Å². The summed E-state index contributed by atoms with van der Waals surface area (Å²) in [5, 5.41) is 13.9. The van der Waals surface area contributed by atoms with Crippen LogP contribution in [0.2, 0.25) is 0 Å². The summed E-state index contributed by atoms with van der Waals surface area (Å²) < 4.78 is 71.8. The highest BCUT2D eigenvalue weighted by Crippen LogP contribution is 2.30. The Morgan fingerprint density at radius 3 is 2.38 bits per heavy atom. The van der Waals surface area contributed by atoms with E-state index in [1.807, 2.05) is 5.32 Å². The first-order valence-corrected chi connectivity index (χ1v) is 11.1. The van der Waals surface area contributed by atoms with Crippen LogP contribution in [-0.2, 0) is 6.61 Å². The number of nitrogens with zero attached hydrogens (tertiary/aromatic N) is 1. The van der Waals surface area contributed by atoms with E-state index in [4.69, 9.17) is 9.84 Å². The molecule has 198 valence electrons. The van der Waals surface area contributed by atoms with Crippen molar-refractivity contribution < 1.29 is 41.4 Å². The van der Waals surface area contributed by atoms with Gasteiger partial charge >= 0.3 is 12.3 Å². The molecule has 0 aliphatic rings. The number of carbonyl (C=O) groups excluding carboxylic acids is 1. The molecule has 0 radical (unpaired) electrons. The molecule has 0 bridgehead atoms. The van der Waals surface area contributed by atoms with Gasteiger partial charge in [0.05, 0.1) is 16.7 Å². The maximum atomic E-state index is 14.0. The Labute approximate surface area is 208 Å². The summed E-state index contributed by atoms with van der Waals surface area (Å²) >= 11 is 0. The van der Waals surface area contributed by atoms with E-state index in [0.29, 0.717) is 10.9 Å². The molecule has 0 saturated carbocycles. The molecule has 0 aliphatic carbocycles. The number of carboxylic acid groups (broad SMARTS) is 1. The van der Waals surface area contributed by atoms with Crippen LogP contribution >= 0.6 is 0 Å². The van der Waals surface area contributed by atoms with Crippen molar-refractivity contribution >= 4 is 22.9 Å². The normalized spacial score (nSPS) is 13.2. The van der Waals surface area contributed by atoms with Gasteiger partial charge < -0.3 is 20.5 Å². The number of hydrogen-bond donors (Lipinski definition) is 3. The summed E-state index contributed by atoms with van der Waals surface area (Å²) in [7, 11) is 0. The Kier molecular flexibility index (Phi) is 8.19. The summed E-state index contributed by atoms with van der Waals surface area (Å²) in [5.41, 5.74) is -0.910. The van der Waals surface area contributed by atoms with Crippen LogP contribution in [0, 0.1) is 18.6 Å². The summed E-state index contributed by atoms with van der Waals surface area (Å²) in [6.07, 6.45) is -6.57. The zero-order valence-corrected chi connectivity index (χ0v) is 19.9. The number of aryl methyl sites for hydroxylation is 1. The maximum absolute atomic E-state index is 14.0. The molecule has 3 rings (SSSR count). The number of pyridine rings is 1. The van der Waals surface area contributed by atoms with Crippen LogP contribution in [0.4, 0.5) is 26.7 Å². The molecule has 3 aromatic rings.